The Kier molecular flexibility index (Phi) is 15.9. The molecule has 3 heterocycles. The number of hydrogen-bond donors (Lipinski definition) is 13. The molecule has 3 saturated carbocycles. The average molecular weight is 963 g/mol. The molecule has 25 atom stereocenters. The lowest BCUT2D eigenvalue weighted by Crippen LogP contribution is -2.65. The molecule has 0 unspecified atom stereocenters. The van der Waals surface area contributed by atoms with Crippen LogP contribution in [0.4, 0.5) is 0 Å². The molecule has 67 heavy (non-hydrogen) atoms. The molecule has 0 aromatic heterocycles. The topological polar surface area (TPSA) is 318 Å². The van der Waals surface area contributed by atoms with Gasteiger partial charge in [-0.25, -0.2) is 0 Å². The minimum absolute atomic E-state index is 0.0188. The highest BCUT2D eigenvalue weighted by molar-refractivity contribution is 5.32. The van der Waals surface area contributed by atoms with E-state index in [9.17, 15) is 66.4 Å². The normalized spacial score (nSPS) is 51.0. The Morgan fingerprint density at radius 3 is 1.79 bits per heavy atom. The van der Waals surface area contributed by atoms with Crippen molar-refractivity contribution in [1.82, 2.24) is 0 Å². The Labute approximate surface area is 393 Å². The molecule has 6 fully saturated rings. The van der Waals surface area contributed by atoms with E-state index in [0.29, 0.717) is 32.1 Å². The van der Waals surface area contributed by atoms with Crippen molar-refractivity contribution in [3.63, 3.8) is 0 Å². The van der Waals surface area contributed by atoms with Gasteiger partial charge in [-0.2, -0.15) is 0 Å². The molecular formula is C48H82O19. The molecule has 7 aliphatic rings. The fraction of sp³-hybridized carbons (Fsp3) is 0.958. The maximum atomic E-state index is 12.6. The van der Waals surface area contributed by atoms with Crippen LogP contribution in [0.1, 0.15) is 107 Å². The van der Waals surface area contributed by atoms with E-state index < -0.39 is 147 Å². The Morgan fingerprint density at radius 2 is 1.21 bits per heavy atom. The number of ether oxygens (including phenoxy) is 6. The van der Waals surface area contributed by atoms with E-state index in [0.717, 1.165) is 24.8 Å². The first-order valence-electron chi connectivity index (χ1n) is 24.5. The summed E-state index contributed by atoms with van der Waals surface area (Å²) in [6, 6.07) is 0. The summed E-state index contributed by atoms with van der Waals surface area (Å²) >= 11 is 0. The van der Waals surface area contributed by atoms with Crippen molar-refractivity contribution in [2.24, 2.45) is 45.3 Å². The maximum absolute atomic E-state index is 12.6. The summed E-state index contributed by atoms with van der Waals surface area (Å²) < 4.78 is 35.4. The predicted octanol–water partition coefficient (Wildman–Crippen LogP) is -1.06. The lowest BCUT2D eigenvalue weighted by atomic mass is 9.38. The Hall–Kier alpha value is -1.02. The smallest absolute Gasteiger partial charge is 0.187 e. The monoisotopic (exact) mass is 963 g/mol. The number of aliphatic hydroxyl groups is 13. The maximum Gasteiger partial charge on any atom is 0.187 e. The van der Waals surface area contributed by atoms with Crippen molar-refractivity contribution in [2.75, 3.05) is 19.8 Å². The molecule has 13 N–H and O–H groups in total. The summed E-state index contributed by atoms with van der Waals surface area (Å²) in [7, 11) is 0. The molecule has 7 rings (SSSR count). The van der Waals surface area contributed by atoms with E-state index in [2.05, 4.69) is 47.6 Å². The third-order valence-corrected chi connectivity index (χ3v) is 18.7. The first kappa shape index (κ1) is 53.8. The van der Waals surface area contributed by atoms with Gasteiger partial charge in [-0.05, 0) is 99.7 Å². The lowest BCUT2D eigenvalue weighted by Gasteiger charge is -2.67. The van der Waals surface area contributed by atoms with Crippen LogP contribution in [0.5, 0.6) is 0 Å². The van der Waals surface area contributed by atoms with Crippen LogP contribution in [0, 0.1) is 45.3 Å². The van der Waals surface area contributed by atoms with Crippen molar-refractivity contribution in [3.05, 3.63) is 11.6 Å². The van der Waals surface area contributed by atoms with Gasteiger partial charge >= 0.3 is 0 Å². The molecule has 0 aromatic rings. The van der Waals surface area contributed by atoms with Crippen LogP contribution in [-0.4, -0.2) is 202 Å². The molecular weight excluding hydrogens is 881 g/mol. The van der Waals surface area contributed by atoms with E-state index in [1.165, 1.54) is 0 Å². The van der Waals surface area contributed by atoms with Crippen LogP contribution < -0.4 is 0 Å². The summed E-state index contributed by atoms with van der Waals surface area (Å²) in [4.78, 5) is 0. The molecule has 19 heteroatoms. The molecule has 0 spiro atoms. The SMILES string of the molecule is C[C@@H](CC[C@H](O[C@H]1O[C@H](CO)[C@@H](O)[C@@H](O)[C@H]1O)C(C)(C)O)[C@H]1CC[C@@]2(C)[C@@H]3CC=C4[C@H](CC[C@H](O[C@H]5O[C@H](CO[C@H]6O[C@H](CO)[C@@H](O)[C@@H](O)[C@H]6O)[C@@H](O)[C@@H](O)[C@H]5O)C4(C)C)[C@@]3(C)[C@H](O)C[C@@]12C. The van der Waals surface area contributed by atoms with Gasteiger partial charge < -0.3 is 94.8 Å². The molecule has 0 bridgehead atoms. The third-order valence-electron chi connectivity index (χ3n) is 18.7. The Morgan fingerprint density at radius 1 is 0.672 bits per heavy atom. The van der Waals surface area contributed by atoms with E-state index >= 15 is 0 Å². The van der Waals surface area contributed by atoms with Crippen molar-refractivity contribution in [3.8, 4) is 0 Å². The first-order valence-corrected chi connectivity index (χ1v) is 24.5. The van der Waals surface area contributed by atoms with Gasteiger partial charge in [0.15, 0.2) is 18.9 Å². The van der Waals surface area contributed by atoms with Gasteiger partial charge in [0.2, 0.25) is 0 Å². The van der Waals surface area contributed by atoms with Crippen molar-refractivity contribution < 1.29 is 94.8 Å². The zero-order valence-corrected chi connectivity index (χ0v) is 40.3. The predicted molar refractivity (Wildman–Crippen MR) is 235 cm³/mol. The van der Waals surface area contributed by atoms with E-state index in [-0.39, 0.29) is 34.5 Å². The van der Waals surface area contributed by atoms with Crippen molar-refractivity contribution in [2.45, 2.75) is 223 Å². The summed E-state index contributed by atoms with van der Waals surface area (Å²) in [6.45, 7) is 14.8. The van der Waals surface area contributed by atoms with Crippen molar-refractivity contribution >= 4 is 0 Å². The van der Waals surface area contributed by atoms with Crippen molar-refractivity contribution in [1.29, 1.82) is 0 Å². The van der Waals surface area contributed by atoms with E-state index in [1.54, 1.807) is 13.8 Å². The minimum Gasteiger partial charge on any atom is -0.394 e. The van der Waals surface area contributed by atoms with Gasteiger partial charge in [0.25, 0.3) is 0 Å². The molecule has 4 aliphatic carbocycles. The highest BCUT2D eigenvalue weighted by Crippen LogP contribution is 2.75. The second-order valence-corrected chi connectivity index (χ2v) is 23.1. The fourth-order valence-electron chi connectivity index (χ4n) is 14.2. The summed E-state index contributed by atoms with van der Waals surface area (Å²) in [5, 5.41) is 138. The standard InChI is InChI=1S/C48H82O19/c1-21(9-13-31(45(4,5)61)67-42-39(59)36(56)33(53)26(19-50)64-42)22-15-16-46(6)28-12-10-23-24(48(28,8)29(51)17-47(22,46)7)11-14-30(44(23,2)3)66-43-40(60)37(57)34(54)27(65-43)20-62-41-38(58)35(55)32(52)25(18-49)63-41/h10,21-22,24-43,49-61H,9,11-20H2,1-8H3/t21-,22+,24-,25+,26+,27+,28-,29+,30-,31-,32+,33+,34+,35+,36+,37+,38+,39+,40+,41-,42+,43+,46-,47-,48+/m0/s1. The molecule has 19 nitrogen and oxygen atoms in total. The van der Waals surface area contributed by atoms with E-state index in [1.807, 2.05) is 0 Å². The van der Waals surface area contributed by atoms with Gasteiger partial charge in [0.1, 0.15) is 73.2 Å². The second kappa shape index (κ2) is 19.8. The van der Waals surface area contributed by atoms with Gasteiger partial charge in [0.05, 0.1) is 43.7 Å². The molecule has 0 amide bonds. The fourth-order valence-corrected chi connectivity index (χ4v) is 14.2. The second-order valence-electron chi connectivity index (χ2n) is 23.1. The van der Waals surface area contributed by atoms with Crippen LogP contribution in [0.2, 0.25) is 0 Å². The highest BCUT2D eigenvalue weighted by Gasteiger charge is 2.70. The van der Waals surface area contributed by atoms with Crippen LogP contribution in [0.25, 0.3) is 0 Å². The zero-order chi connectivity index (χ0) is 49.5. The Balaban J connectivity index is 1.02. The molecule has 0 aromatic carbocycles. The first-order chi connectivity index (χ1) is 31.2. The highest BCUT2D eigenvalue weighted by atomic mass is 16.7. The average Bonchev–Trinajstić information content (AvgIpc) is 3.54. The van der Waals surface area contributed by atoms with Gasteiger partial charge in [-0.3, -0.25) is 0 Å². The zero-order valence-electron chi connectivity index (χ0n) is 40.3. The largest absolute Gasteiger partial charge is 0.394 e. The number of allylic oxidation sites excluding steroid dienone is 1. The summed E-state index contributed by atoms with van der Waals surface area (Å²) in [6.07, 6.45) is -16.6. The minimum atomic E-state index is -1.69. The third kappa shape index (κ3) is 9.24. The van der Waals surface area contributed by atoms with Crippen LogP contribution in [-0.2, 0) is 28.4 Å². The summed E-state index contributed by atoms with van der Waals surface area (Å²) in [5.41, 5.74) is -1.65. The van der Waals surface area contributed by atoms with Gasteiger partial charge in [-0.15, -0.1) is 0 Å². The molecule has 3 saturated heterocycles. The van der Waals surface area contributed by atoms with E-state index in [4.69, 9.17) is 28.4 Å². The molecule has 0 radical (unpaired) electrons. The van der Waals surface area contributed by atoms with Gasteiger partial charge in [0, 0.05) is 10.8 Å². The number of aliphatic hydroxyl groups excluding tert-OH is 12. The molecule has 388 valence electrons. The van der Waals surface area contributed by atoms with Crippen LogP contribution in [0.15, 0.2) is 11.6 Å². The Bertz CT molecular complexity index is 1710. The van der Waals surface area contributed by atoms with Crippen LogP contribution >= 0.6 is 0 Å². The summed E-state index contributed by atoms with van der Waals surface area (Å²) in [5.74, 6) is 0.560. The quantitative estimate of drug-likeness (QED) is 0.0924. The number of hydrogen-bond acceptors (Lipinski definition) is 19. The number of rotatable bonds is 14. The van der Waals surface area contributed by atoms with Gasteiger partial charge in [-0.1, -0.05) is 53.2 Å². The lowest BCUT2D eigenvalue weighted by molar-refractivity contribution is -0.340. The van der Waals surface area contributed by atoms with Crippen LogP contribution in [0.3, 0.4) is 0 Å². The number of fused-ring (bicyclic) bond motifs is 5. The molecule has 3 aliphatic heterocycles.